The summed E-state index contributed by atoms with van der Waals surface area (Å²) < 4.78 is 0. The van der Waals surface area contributed by atoms with Crippen LogP contribution in [-0.2, 0) is 4.79 Å². The highest BCUT2D eigenvalue weighted by atomic mass is 32.1. The Hall–Kier alpha value is -1.99. The topological polar surface area (TPSA) is 70.2 Å². The summed E-state index contributed by atoms with van der Waals surface area (Å²) in [6.07, 6.45) is 1.10. The molecule has 0 radical (unpaired) electrons. The van der Waals surface area contributed by atoms with Crippen molar-refractivity contribution in [3.05, 3.63) is 35.0 Å². The second kappa shape index (κ2) is 7.72. The van der Waals surface area contributed by atoms with Gasteiger partial charge in [-0.25, -0.2) is 9.97 Å². The molecular formula is C17H23N5OS. The maximum Gasteiger partial charge on any atom is 0.240 e. The Morgan fingerprint density at radius 1 is 1.33 bits per heavy atom. The summed E-state index contributed by atoms with van der Waals surface area (Å²) in [7, 11) is 0. The van der Waals surface area contributed by atoms with Crippen LogP contribution in [-0.4, -0.2) is 47.0 Å². The third-order valence-corrected chi connectivity index (χ3v) is 4.94. The Morgan fingerprint density at radius 2 is 2.21 bits per heavy atom. The molecule has 0 unspecified atom stereocenters. The first-order chi connectivity index (χ1) is 11.6. The molecule has 0 bridgehead atoms. The van der Waals surface area contributed by atoms with Crippen molar-refractivity contribution in [1.82, 2.24) is 14.9 Å². The van der Waals surface area contributed by atoms with Crippen LogP contribution < -0.4 is 10.6 Å². The fourth-order valence-electron chi connectivity index (χ4n) is 2.89. The third-order valence-electron chi connectivity index (χ3n) is 4.06. The lowest BCUT2D eigenvalue weighted by molar-refractivity contribution is -0.117. The maximum absolute atomic E-state index is 12.1. The predicted molar refractivity (Wildman–Crippen MR) is 97.5 cm³/mol. The number of nitrogens with zero attached hydrogens (tertiary/aromatic N) is 3. The Labute approximate surface area is 146 Å². The molecule has 1 fully saturated rings. The van der Waals surface area contributed by atoms with E-state index in [-0.39, 0.29) is 5.91 Å². The van der Waals surface area contributed by atoms with Gasteiger partial charge in [-0.05, 0) is 44.9 Å². The minimum absolute atomic E-state index is 0.0123. The molecule has 0 aliphatic carbocycles. The zero-order valence-electron chi connectivity index (χ0n) is 14.1. The van der Waals surface area contributed by atoms with Crippen LogP contribution in [0, 0.1) is 19.8 Å². The number of pyridine rings is 1. The molecule has 0 saturated carbocycles. The van der Waals surface area contributed by atoms with Crippen molar-refractivity contribution in [2.24, 2.45) is 5.92 Å². The van der Waals surface area contributed by atoms with Crippen LogP contribution in [0.4, 0.5) is 10.9 Å². The number of anilines is 2. The molecule has 1 amide bonds. The predicted octanol–water partition coefficient (Wildman–Crippen LogP) is 2.53. The van der Waals surface area contributed by atoms with Crippen LogP contribution in [0.5, 0.6) is 0 Å². The lowest BCUT2D eigenvalue weighted by Crippen LogP contribution is -2.32. The summed E-state index contributed by atoms with van der Waals surface area (Å²) in [5.41, 5.74) is 1.95. The number of hydrogen-bond donors (Lipinski definition) is 2. The zero-order valence-corrected chi connectivity index (χ0v) is 14.9. The lowest BCUT2D eigenvalue weighted by Gasteiger charge is -2.15. The molecular weight excluding hydrogens is 322 g/mol. The fourth-order valence-corrected chi connectivity index (χ4v) is 3.59. The highest BCUT2D eigenvalue weighted by Gasteiger charge is 2.24. The van der Waals surface area contributed by atoms with E-state index in [4.69, 9.17) is 0 Å². The van der Waals surface area contributed by atoms with Gasteiger partial charge in [0.2, 0.25) is 5.91 Å². The van der Waals surface area contributed by atoms with Crippen molar-refractivity contribution in [3.8, 4) is 0 Å². The van der Waals surface area contributed by atoms with Gasteiger partial charge in [-0.2, -0.15) is 0 Å². The highest BCUT2D eigenvalue weighted by Crippen LogP contribution is 2.18. The molecule has 1 atom stereocenters. The van der Waals surface area contributed by atoms with Gasteiger partial charge in [0, 0.05) is 24.2 Å². The normalized spacial score (nSPS) is 17.8. The van der Waals surface area contributed by atoms with Crippen molar-refractivity contribution < 1.29 is 4.79 Å². The van der Waals surface area contributed by atoms with E-state index < -0.39 is 0 Å². The van der Waals surface area contributed by atoms with Crippen molar-refractivity contribution in [2.75, 3.05) is 36.8 Å². The second-order valence-corrected chi connectivity index (χ2v) is 7.14. The zero-order chi connectivity index (χ0) is 16.9. The van der Waals surface area contributed by atoms with Crippen LogP contribution in [0.2, 0.25) is 0 Å². The van der Waals surface area contributed by atoms with Gasteiger partial charge in [-0.15, -0.1) is 11.3 Å². The third kappa shape index (κ3) is 4.75. The molecule has 2 aromatic rings. The maximum atomic E-state index is 12.1. The standard InChI is InChI=1S/C17H23N5OS/c1-12-4-3-5-15(19-12)18-8-14-6-7-22(9-14)10-16(23)21-17-20-13(2)11-24-17/h3-5,11,14H,6-10H2,1-2H3,(H,18,19)(H,20,21,23)/t14-/m0/s1. The van der Waals surface area contributed by atoms with E-state index in [0.717, 1.165) is 43.3 Å². The van der Waals surface area contributed by atoms with Crippen molar-refractivity contribution in [3.63, 3.8) is 0 Å². The highest BCUT2D eigenvalue weighted by molar-refractivity contribution is 7.13. The lowest BCUT2D eigenvalue weighted by atomic mass is 10.1. The number of hydrogen-bond acceptors (Lipinski definition) is 6. The molecule has 128 valence electrons. The average molecular weight is 345 g/mol. The van der Waals surface area contributed by atoms with E-state index in [9.17, 15) is 4.79 Å². The second-order valence-electron chi connectivity index (χ2n) is 6.28. The SMILES string of the molecule is Cc1cccc(NC[C@@H]2CCN(CC(=O)Nc3nc(C)cs3)C2)n1. The molecule has 7 heteroatoms. The molecule has 2 aromatic heterocycles. The number of aromatic nitrogens is 2. The first kappa shape index (κ1) is 16.9. The van der Waals surface area contributed by atoms with E-state index in [1.54, 1.807) is 0 Å². The van der Waals surface area contributed by atoms with Gasteiger partial charge in [-0.1, -0.05) is 6.07 Å². The van der Waals surface area contributed by atoms with Gasteiger partial charge in [0.05, 0.1) is 12.2 Å². The van der Waals surface area contributed by atoms with Crippen LogP contribution in [0.1, 0.15) is 17.8 Å². The molecule has 0 aromatic carbocycles. The van der Waals surface area contributed by atoms with E-state index >= 15 is 0 Å². The minimum Gasteiger partial charge on any atom is -0.370 e. The van der Waals surface area contributed by atoms with E-state index in [0.29, 0.717) is 17.6 Å². The molecule has 24 heavy (non-hydrogen) atoms. The number of likely N-dealkylation sites (tertiary alicyclic amines) is 1. The quantitative estimate of drug-likeness (QED) is 0.842. The van der Waals surface area contributed by atoms with Gasteiger partial charge in [-0.3, -0.25) is 9.69 Å². The summed E-state index contributed by atoms with van der Waals surface area (Å²) in [6.45, 7) is 7.12. The molecule has 1 aliphatic rings. The Balaban J connectivity index is 1.41. The summed E-state index contributed by atoms with van der Waals surface area (Å²) in [4.78, 5) is 23.0. The molecule has 0 spiro atoms. The van der Waals surface area contributed by atoms with Crippen molar-refractivity contribution in [1.29, 1.82) is 0 Å². The number of aryl methyl sites for hydroxylation is 2. The Bertz CT molecular complexity index is 702. The van der Waals surface area contributed by atoms with E-state index in [1.165, 1.54) is 11.3 Å². The van der Waals surface area contributed by atoms with Gasteiger partial charge < -0.3 is 10.6 Å². The molecule has 1 aliphatic heterocycles. The van der Waals surface area contributed by atoms with Gasteiger partial charge in [0.15, 0.2) is 5.13 Å². The van der Waals surface area contributed by atoms with E-state index in [1.807, 2.05) is 37.4 Å². The summed E-state index contributed by atoms with van der Waals surface area (Å²) in [6, 6.07) is 5.99. The number of nitrogens with one attached hydrogen (secondary N) is 2. The van der Waals surface area contributed by atoms with Crippen molar-refractivity contribution in [2.45, 2.75) is 20.3 Å². The largest absolute Gasteiger partial charge is 0.370 e. The minimum atomic E-state index is 0.0123. The number of thiazole rings is 1. The Kier molecular flexibility index (Phi) is 5.42. The van der Waals surface area contributed by atoms with Crippen LogP contribution >= 0.6 is 11.3 Å². The number of carbonyl (C=O) groups is 1. The first-order valence-electron chi connectivity index (χ1n) is 8.20. The summed E-state index contributed by atoms with van der Waals surface area (Å²) in [5.74, 6) is 1.48. The molecule has 1 saturated heterocycles. The smallest absolute Gasteiger partial charge is 0.240 e. The van der Waals surface area contributed by atoms with Crippen LogP contribution in [0.15, 0.2) is 23.6 Å². The average Bonchev–Trinajstić information content (AvgIpc) is 3.14. The van der Waals surface area contributed by atoms with Gasteiger partial charge in [0.1, 0.15) is 5.82 Å². The monoisotopic (exact) mass is 345 g/mol. The molecule has 2 N–H and O–H groups in total. The first-order valence-corrected chi connectivity index (χ1v) is 9.08. The van der Waals surface area contributed by atoms with E-state index in [2.05, 4.69) is 25.5 Å². The van der Waals surface area contributed by atoms with Crippen molar-refractivity contribution >= 4 is 28.2 Å². The fraction of sp³-hybridized carbons (Fsp3) is 0.471. The van der Waals surface area contributed by atoms with Gasteiger partial charge >= 0.3 is 0 Å². The number of amides is 1. The van der Waals surface area contributed by atoms with Crippen LogP contribution in [0.3, 0.4) is 0 Å². The molecule has 3 heterocycles. The Morgan fingerprint density at radius 3 is 2.96 bits per heavy atom. The molecule has 6 nitrogen and oxygen atoms in total. The summed E-state index contributed by atoms with van der Waals surface area (Å²) in [5, 5.41) is 8.88. The number of rotatable bonds is 6. The van der Waals surface area contributed by atoms with Gasteiger partial charge in [0.25, 0.3) is 0 Å². The van der Waals surface area contributed by atoms with Crippen LogP contribution in [0.25, 0.3) is 0 Å². The molecule has 3 rings (SSSR count). The summed E-state index contributed by atoms with van der Waals surface area (Å²) >= 11 is 1.46. The number of carbonyl (C=O) groups excluding carboxylic acids is 1.